The fourth-order valence-corrected chi connectivity index (χ4v) is 4.43. The molecule has 1 saturated heterocycles. The summed E-state index contributed by atoms with van der Waals surface area (Å²) in [5.41, 5.74) is 0.507. The van der Waals surface area contributed by atoms with Gasteiger partial charge < -0.3 is 10.1 Å². The first-order valence-electron chi connectivity index (χ1n) is 7.21. The molecular formula is C15H18ClNO5S. The number of anilines is 1. The molecule has 1 amide bonds. The van der Waals surface area contributed by atoms with Crippen LogP contribution in [0, 0.1) is 5.92 Å². The van der Waals surface area contributed by atoms with Crippen molar-refractivity contribution in [3.63, 3.8) is 0 Å². The second kappa shape index (κ2) is 7.31. The Kier molecular flexibility index (Phi) is 5.64. The summed E-state index contributed by atoms with van der Waals surface area (Å²) in [6.45, 7) is 1.46. The van der Waals surface area contributed by atoms with Crippen molar-refractivity contribution in [2.75, 3.05) is 16.8 Å². The summed E-state index contributed by atoms with van der Waals surface area (Å²) in [6.07, 6.45) is -0.506. The van der Waals surface area contributed by atoms with E-state index in [-0.39, 0.29) is 23.8 Å². The van der Waals surface area contributed by atoms with Gasteiger partial charge in [0.25, 0.3) is 5.91 Å². The zero-order valence-electron chi connectivity index (χ0n) is 12.6. The minimum atomic E-state index is -3.03. The van der Waals surface area contributed by atoms with Gasteiger partial charge in [-0.2, -0.15) is 0 Å². The molecule has 126 valence electrons. The van der Waals surface area contributed by atoms with E-state index in [0.717, 1.165) is 0 Å². The van der Waals surface area contributed by atoms with Crippen molar-refractivity contribution >= 4 is 39.0 Å². The molecule has 0 aromatic heterocycles. The zero-order chi connectivity index (χ0) is 17.0. The van der Waals surface area contributed by atoms with Crippen LogP contribution in [0.2, 0.25) is 5.02 Å². The zero-order valence-corrected chi connectivity index (χ0v) is 14.2. The second-order valence-electron chi connectivity index (χ2n) is 5.60. The Labute approximate surface area is 140 Å². The SMILES string of the molecule is C[C@H](OC(=O)C[C@@H]1CCS(=O)(=O)C1)C(=O)Nc1cccc(Cl)c1. The van der Waals surface area contributed by atoms with Gasteiger partial charge in [-0.1, -0.05) is 17.7 Å². The van der Waals surface area contributed by atoms with Gasteiger partial charge in [0, 0.05) is 17.1 Å². The van der Waals surface area contributed by atoms with Crippen LogP contribution in [-0.4, -0.2) is 37.9 Å². The lowest BCUT2D eigenvalue weighted by atomic mass is 10.1. The Bertz CT molecular complexity index is 704. The maximum Gasteiger partial charge on any atom is 0.306 e. The third-order valence-electron chi connectivity index (χ3n) is 3.55. The van der Waals surface area contributed by atoms with Gasteiger partial charge in [0.05, 0.1) is 11.5 Å². The number of benzene rings is 1. The van der Waals surface area contributed by atoms with Crippen molar-refractivity contribution in [2.24, 2.45) is 5.92 Å². The molecule has 0 aliphatic carbocycles. The Balaban J connectivity index is 1.82. The molecule has 1 aliphatic heterocycles. The average Bonchev–Trinajstić information content (AvgIpc) is 2.77. The normalized spacial score (nSPS) is 20.7. The van der Waals surface area contributed by atoms with Crippen LogP contribution in [0.3, 0.4) is 0 Å². The number of halogens is 1. The van der Waals surface area contributed by atoms with Crippen LogP contribution in [0.1, 0.15) is 19.8 Å². The molecule has 0 bridgehead atoms. The highest BCUT2D eigenvalue weighted by molar-refractivity contribution is 7.91. The van der Waals surface area contributed by atoms with Crippen LogP contribution in [0.4, 0.5) is 5.69 Å². The van der Waals surface area contributed by atoms with Crippen molar-refractivity contribution in [1.82, 2.24) is 0 Å². The van der Waals surface area contributed by atoms with E-state index in [2.05, 4.69) is 5.32 Å². The molecule has 1 aliphatic rings. The first-order chi connectivity index (χ1) is 10.7. The highest BCUT2D eigenvalue weighted by Crippen LogP contribution is 2.22. The monoisotopic (exact) mass is 359 g/mol. The summed E-state index contributed by atoms with van der Waals surface area (Å²) in [5.74, 6) is -1.16. The molecule has 0 radical (unpaired) electrons. The number of sulfone groups is 1. The average molecular weight is 360 g/mol. The van der Waals surface area contributed by atoms with E-state index in [4.69, 9.17) is 16.3 Å². The van der Waals surface area contributed by atoms with Gasteiger partial charge in [-0.15, -0.1) is 0 Å². The van der Waals surface area contributed by atoms with Gasteiger partial charge in [0.2, 0.25) is 0 Å². The molecule has 23 heavy (non-hydrogen) atoms. The Morgan fingerprint density at radius 1 is 1.43 bits per heavy atom. The summed E-state index contributed by atoms with van der Waals surface area (Å²) >= 11 is 5.82. The maximum atomic E-state index is 12.0. The molecule has 1 fully saturated rings. The largest absolute Gasteiger partial charge is 0.453 e. The lowest BCUT2D eigenvalue weighted by Gasteiger charge is -2.15. The fraction of sp³-hybridized carbons (Fsp3) is 0.467. The highest BCUT2D eigenvalue weighted by atomic mass is 35.5. The van der Waals surface area contributed by atoms with Crippen LogP contribution in [0.25, 0.3) is 0 Å². The van der Waals surface area contributed by atoms with E-state index in [0.29, 0.717) is 17.1 Å². The lowest BCUT2D eigenvalue weighted by molar-refractivity contribution is -0.153. The van der Waals surface area contributed by atoms with Crippen molar-refractivity contribution in [1.29, 1.82) is 0 Å². The number of hydrogen-bond donors (Lipinski definition) is 1. The van der Waals surface area contributed by atoms with Crippen molar-refractivity contribution in [3.8, 4) is 0 Å². The molecule has 1 aromatic carbocycles. The number of carbonyl (C=O) groups is 2. The summed E-state index contributed by atoms with van der Waals surface area (Å²) in [7, 11) is -3.03. The number of nitrogens with one attached hydrogen (secondary N) is 1. The molecule has 2 atom stereocenters. The Morgan fingerprint density at radius 2 is 2.17 bits per heavy atom. The van der Waals surface area contributed by atoms with Crippen LogP contribution >= 0.6 is 11.6 Å². The summed E-state index contributed by atoms with van der Waals surface area (Å²) in [5, 5.41) is 3.08. The molecule has 1 heterocycles. The number of ether oxygens (including phenoxy) is 1. The first kappa shape index (κ1) is 17.7. The quantitative estimate of drug-likeness (QED) is 0.812. The minimum absolute atomic E-state index is 0.00515. The van der Waals surface area contributed by atoms with Gasteiger partial charge >= 0.3 is 5.97 Å². The van der Waals surface area contributed by atoms with Gasteiger partial charge in [-0.05, 0) is 37.5 Å². The molecule has 0 saturated carbocycles. The van der Waals surface area contributed by atoms with Gasteiger partial charge in [-0.3, -0.25) is 9.59 Å². The molecule has 1 N–H and O–H groups in total. The highest BCUT2D eigenvalue weighted by Gasteiger charge is 2.30. The molecular weight excluding hydrogens is 342 g/mol. The summed E-state index contributed by atoms with van der Waals surface area (Å²) in [6, 6.07) is 6.62. The van der Waals surface area contributed by atoms with Crippen molar-refractivity contribution < 1.29 is 22.7 Å². The van der Waals surface area contributed by atoms with E-state index in [1.54, 1.807) is 24.3 Å². The van der Waals surface area contributed by atoms with Gasteiger partial charge in [0.1, 0.15) is 0 Å². The predicted molar refractivity (Wildman–Crippen MR) is 87.0 cm³/mol. The molecule has 2 rings (SSSR count). The summed E-state index contributed by atoms with van der Waals surface area (Å²) in [4.78, 5) is 23.8. The molecule has 1 aromatic rings. The standard InChI is InChI=1S/C15H18ClNO5S/c1-10(15(19)17-13-4-2-3-12(16)8-13)22-14(18)7-11-5-6-23(20,21)9-11/h2-4,8,10-11H,5-7,9H2,1H3,(H,17,19)/t10-,11-/m0/s1. The van der Waals surface area contributed by atoms with E-state index in [9.17, 15) is 18.0 Å². The maximum absolute atomic E-state index is 12.0. The van der Waals surface area contributed by atoms with Gasteiger partial charge in [0.15, 0.2) is 15.9 Å². The van der Waals surface area contributed by atoms with E-state index >= 15 is 0 Å². The van der Waals surface area contributed by atoms with Crippen molar-refractivity contribution in [2.45, 2.75) is 25.9 Å². The van der Waals surface area contributed by atoms with Crippen LogP contribution < -0.4 is 5.32 Å². The summed E-state index contributed by atoms with van der Waals surface area (Å²) < 4.78 is 27.8. The molecule has 8 heteroatoms. The molecule has 6 nitrogen and oxygen atoms in total. The number of amides is 1. The number of hydrogen-bond acceptors (Lipinski definition) is 5. The van der Waals surface area contributed by atoms with Crippen LogP contribution in [0.5, 0.6) is 0 Å². The van der Waals surface area contributed by atoms with Crippen LogP contribution in [-0.2, 0) is 24.2 Å². The van der Waals surface area contributed by atoms with Crippen molar-refractivity contribution in [3.05, 3.63) is 29.3 Å². The lowest BCUT2D eigenvalue weighted by Crippen LogP contribution is -2.30. The number of carbonyl (C=O) groups excluding carboxylic acids is 2. The van der Waals surface area contributed by atoms with E-state index in [1.165, 1.54) is 6.92 Å². The molecule has 0 unspecified atom stereocenters. The topological polar surface area (TPSA) is 89.5 Å². The number of rotatable bonds is 5. The molecule has 0 spiro atoms. The Hall–Kier alpha value is -1.60. The number of esters is 1. The smallest absolute Gasteiger partial charge is 0.306 e. The Morgan fingerprint density at radius 3 is 2.78 bits per heavy atom. The van der Waals surface area contributed by atoms with E-state index < -0.39 is 27.8 Å². The predicted octanol–water partition coefficient (Wildman–Crippen LogP) is 2.03. The van der Waals surface area contributed by atoms with Gasteiger partial charge in [-0.25, -0.2) is 8.42 Å². The third kappa shape index (κ3) is 5.51. The second-order valence-corrected chi connectivity index (χ2v) is 8.27. The minimum Gasteiger partial charge on any atom is -0.453 e. The van der Waals surface area contributed by atoms with E-state index in [1.807, 2.05) is 0 Å². The fourth-order valence-electron chi connectivity index (χ4n) is 2.38. The van der Waals surface area contributed by atoms with Crippen LogP contribution in [0.15, 0.2) is 24.3 Å². The third-order valence-corrected chi connectivity index (χ3v) is 5.62. The first-order valence-corrected chi connectivity index (χ1v) is 9.41.